The predicted octanol–water partition coefficient (Wildman–Crippen LogP) is 0.160. The first-order chi connectivity index (χ1) is 12.0. The summed E-state index contributed by atoms with van der Waals surface area (Å²) in [6.07, 6.45) is 3.04. The molecule has 1 aliphatic rings. The Bertz CT molecular complexity index is 720. The Morgan fingerprint density at radius 3 is 2.40 bits per heavy atom. The number of hydrogen-bond acceptors (Lipinski definition) is 5. The molecule has 0 spiro atoms. The zero-order valence-electron chi connectivity index (χ0n) is 14.4. The van der Waals surface area contributed by atoms with Crippen molar-refractivity contribution in [3.63, 3.8) is 0 Å². The van der Waals surface area contributed by atoms with Crippen molar-refractivity contribution in [3.8, 4) is 5.69 Å². The van der Waals surface area contributed by atoms with E-state index in [0.717, 1.165) is 18.8 Å². The van der Waals surface area contributed by atoms with E-state index in [9.17, 15) is 9.59 Å². The lowest BCUT2D eigenvalue weighted by molar-refractivity contribution is -0.134. The summed E-state index contributed by atoms with van der Waals surface area (Å²) in [7, 11) is 2.04. The lowest BCUT2D eigenvalue weighted by Crippen LogP contribution is -2.53. The van der Waals surface area contributed by atoms with Gasteiger partial charge in [-0.3, -0.25) is 9.59 Å². The van der Waals surface area contributed by atoms with Crippen LogP contribution in [-0.2, 0) is 4.79 Å². The second kappa shape index (κ2) is 7.43. The van der Waals surface area contributed by atoms with Gasteiger partial charge >= 0.3 is 0 Å². The molecule has 0 radical (unpaired) electrons. The van der Waals surface area contributed by atoms with E-state index >= 15 is 0 Å². The first-order valence-corrected chi connectivity index (χ1v) is 8.28. The van der Waals surface area contributed by atoms with Crippen LogP contribution in [0.1, 0.15) is 17.3 Å². The van der Waals surface area contributed by atoms with E-state index in [2.05, 4.69) is 20.3 Å². The number of nitrogens with zero attached hydrogens (tertiary/aromatic N) is 5. The highest BCUT2D eigenvalue weighted by molar-refractivity contribution is 5.97. The fourth-order valence-electron chi connectivity index (χ4n) is 2.75. The fraction of sp³-hybridized carbons (Fsp3) is 0.412. The second-order valence-electron chi connectivity index (χ2n) is 6.21. The predicted molar refractivity (Wildman–Crippen MR) is 92.4 cm³/mol. The van der Waals surface area contributed by atoms with Gasteiger partial charge in [-0.15, -0.1) is 0 Å². The average Bonchev–Trinajstić information content (AvgIpc) is 3.16. The van der Waals surface area contributed by atoms with Crippen molar-refractivity contribution in [2.75, 3.05) is 33.2 Å². The zero-order valence-corrected chi connectivity index (χ0v) is 14.4. The molecule has 0 unspecified atom stereocenters. The molecular formula is C17H22N6O2. The molecule has 1 N–H and O–H groups in total. The third-order valence-electron chi connectivity index (χ3n) is 4.35. The molecule has 3 rings (SSSR count). The van der Waals surface area contributed by atoms with Crippen LogP contribution in [0.5, 0.6) is 0 Å². The first-order valence-electron chi connectivity index (χ1n) is 8.28. The molecule has 1 aliphatic heterocycles. The largest absolute Gasteiger partial charge is 0.341 e. The van der Waals surface area contributed by atoms with Gasteiger partial charge in [0.1, 0.15) is 18.7 Å². The number of hydrogen-bond donors (Lipinski definition) is 1. The fourth-order valence-corrected chi connectivity index (χ4v) is 2.75. The molecule has 2 aromatic rings. The minimum atomic E-state index is -0.550. The summed E-state index contributed by atoms with van der Waals surface area (Å²) in [6.45, 7) is 4.83. The lowest BCUT2D eigenvalue weighted by atomic mass is 10.1. The zero-order chi connectivity index (χ0) is 17.8. The van der Waals surface area contributed by atoms with Gasteiger partial charge in [0.2, 0.25) is 5.91 Å². The summed E-state index contributed by atoms with van der Waals surface area (Å²) in [4.78, 5) is 32.7. The van der Waals surface area contributed by atoms with Gasteiger partial charge < -0.3 is 15.1 Å². The highest BCUT2D eigenvalue weighted by Gasteiger charge is 2.25. The monoisotopic (exact) mass is 342 g/mol. The summed E-state index contributed by atoms with van der Waals surface area (Å²) in [5.41, 5.74) is 1.32. The first kappa shape index (κ1) is 17.1. The maximum atomic E-state index is 12.5. The van der Waals surface area contributed by atoms with Crippen LogP contribution >= 0.6 is 0 Å². The number of rotatable bonds is 4. The van der Waals surface area contributed by atoms with Crippen molar-refractivity contribution in [1.29, 1.82) is 0 Å². The summed E-state index contributed by atoms with van der Waals surface area (Å²) in [6, 6.07) is 6.44. The van der Waals surface area contributed by atoms with Crippen LogP contribution < -0.4 is 5.32 Å². The van der Waals surface area contributed by atoms with Crippen molar-refractivity contribution in [2.45, 2.75) is 13.0 Å². The third-order valence-corrected chi connectivity index (χ3v) is 4.35. The molecule has 2 heterocycles. The average molecular weight is 342 g/mol. The van der Waals surface area contributed by atoms with Crippen molar-refractivity contribution in [1.82, 2.24) is 29.9 Å². The Kier molecular flexibility index (Phi) is 5.08. The number of nitrogens with one attached hydrogen (secondary N) is 1. The van der Waals surface area contributed by atoms with Gasteiger partial charge in [-0.1, -0.05) is 0 Å². The molecule has 1 atom stereocenters. The van der Waals surface area contributed by atoms with E-state index in [4.69, 9.17) is 0 Å². The number of likely N-dealkylation sites (N-methyl/N-ethyl adjacent to an activating group) is 1. The number of carbonyl (C=O) groups excluding carboxylic acids is 2. The Morgan fingerprint density at radius 2 is 1.80 bits per heavy atom. The van der Waals surface area contributed by atoms with Gasteiger partial charge in [-0.05, 0) is 38.2 Å². The number of aromatic nitrogens is 3. The SMILES string of the molecule is C[C@H](NC(=O)c1ccc(-n2cncn2)cc1)C(=O)N1CCN(C)CC1. The molecule has 1 saturated heterocycles. The van der Waals surface area contributed by atoms with E-state index in [1.165, 1.54) is 6.33 Å². The summed E-state index contributed by atoms with van der Waals surface area (Å²) < 4.78 is 1.61. The molecular weight excluding hydrogens is 320 g/mol. The molecule has 1 fully saturated rings. The molecule has 8 heteroatoms. The molecule has 25 heavy (non-hydrogen) atoms. The van der Waals surface area contributed by atoms with E-state index in [1.807, 2.05) is 7.05 Å². The minimum Gasteiger partial charge on any atom is -0.341 e. The maximum Gasteiger partial charge on any atom is 0.251 e. The van der Waals surface area contributed by atoms with E-state index < -0.39 is 6.04 Å². The Labute approximate surface area is 146 Å². The molecule has 0 aliphatic carbocycles. The summed E-state index contributed by atoms with van der Waals surface area (Å²) in [5, 5.41) is 6.82. The van der Waals surface area contributed by atoms with Crippen molar-refractivity contribution in [3.05, 3.63) is 42.5 Å². The van der Waals surface area contributed by atoms with Crippen molar-refractivity contribution >= 4 is 11.8 Å². The van der Waals surface area contributed by atoms with Gasteiger partial charge in [-0.25, -0.2) is 9.67 Å². The van der Waals surface area contributed by atoms with Gasteiger partial charge in [0.15, 0.2) is 0 Å². The van der Waals surface area contributed by atoms with Gasteiger partial charge in [0.25, 0.3) is 5.91 Å². The number of piperazine rings is 1. The summed E-state index contributed by atoms with van der Waals surface area (Å²) >= 11 is 0. The topological polar surface area (TPSA) is 83.4 Å². The lowest BCUT2D eigenvalue weighted by Gasteiger charge is -2.34. The van der Waals surface area contributed by atoms with Crippen LogP contribution in [0.2, 0.25) is 0 Å². The van der Waals surface area contributed by atoms with Crippen LogP contribution in [0.25, 0.3) is 5.69 Å². The van der Waals surface area contributed by atoms with Crippen LogP contribution in [0.15, 0.2) is 36.9 Å². The van der Waals surface area contributed by atoms with Gasteiger partial charge in [0, 0.05) is 31.7 Å². The maximum absolute atomic E-state index is 12.5. The second-order valence-corrected chi connectivity index (χ2v) is 6.21. The quantitative estimate of drug-likeness (QED) is 0.856. The van der Waals surface area contributed by atoms with Gasteiger partial charge in [0.05, 0.1) is 5.69 Å². The number of benzene rings is 1. The van der Waals surface area contributed by atoms with E-state index in [-0.39, 0.29) is 11.8 Å². The molecule has 132 valence electrons. The highest BCUT2D eigenvalue weighted by Crippen LogP contribution is 2.09. The van der Waals surface area contributed by atoms with E-state index in [1.54, 1.807) is 47.1 Å². The minimum absolute atomic E-state index is 0.0410. The van der Waals surface area contributed by atoms with Crippen molar-refractivity contribution < 1.29 is 9.59 Å². The van der Waals surface area contributed by atoms with Crippen LogP contribution in [0, 0.1) is 0 Å². The smallest absolute Gasteiger partial charge is 0.251 e. The van der Waals surface area contributed by atoms with Crippen LogP contribution in [0.3, 0.4) is 0 Å². The number of carbonyl (C=O) groups is 2. The Hall–Kier alpha value is -2.74. The highest BCUT2D eigenvalue weighted by atomic mass is 16.2. The normalized spacial score (nSPS) is 16.5. The molecule has 1 aromatic carbocycles. The van der Waals surface area contributed by atoms with Crippen LogP contribution in [0.4, 0.5) is 0 Å². The molecule has 2 amide bonds. The standard InChI is InChI=1S/C17H22N6O2/c1-13(17(25)22-9-7-21(2)8-10-22)20-16(24)14-3-5-15(6-4-14)23-12-18-11-19-23/h3-6,11-13H,7-10H2,1-2H3,(H,20,24)/t13-/m0/s1. The Morgan fingerprint density at radius 1 is 1.12 bits per heavy atom. The van der Waals surface area contributed by atoms with Gasteiger partial charge in [-0.2, -0.15) is 5.10 Å². The molecule has 0 bridgehead atoms. The summed E-state index contributed by atoms with van der Waals surface area (Å²) in [5.74, 6) is -0.305. The molecule has 1 aromatic heterocycles. The Balaban J connectivity index is 1.58. The molecule has 8 nitrogen and oxygen atoms in total. The third kappa shape index (κ3) is 4.03. The van der Waals surface area contributed by atoms with E-state index in [0.29, 0.717) is 18.7 Å². The van der Waals surface area contributed by atoms with Crippen LogP contribution in [-0.4, -0.2) is 75.6 Å². The number of amides is 2. The van der Waals surface area contributed by atoms with Crippen molar-refractivity contribution in [2.24, 2.45) is 0 Å². The molecule has 0 saturated carbocycles.